The average Bonchev–Trinajstić information content (AvgIpc) is 3.76. The van der Waals surface area contributed by atoms with E-state index in [1.54, 1.807) is 24.3 Å². The number of benzene rings is 9. The molecule has 0 fully saturated rings. The van der Waals surface area contributed by atoms with Crippen LogP contribution >= 0.6 is 0 Å². The van der Waals surface area contributed by atoms with Crippen molar-refractivity contribution in [2.75, 3.05) is 0 Å². The van der Waals surface area contributed by atoms with Crippen LogP contribution in [-0.4, -0.2) is 15.0 Å². The molecule has 0 spiro atoms. The van der Waals surface area contributed by atoms with Crippen molar-refractivity contribution in [3.63, 3.8) is 0 Å². The van der Waals surface area contributed by atoms with Gasteiger partial charge in [-0.3, -0.25) is 0 Å². The van der Waals surface area contributed by atoms with Gasteiger partial charge in [0.1, 0.15) is 11.2 Å². The number of nitrogens with zero attached hydrogens (tertiary/aromatic N) is 3. The first-order chi connectivity index (χ1) is 33.5. The van der Waals surface area contributed by atoms with Gasteiger partial charge in [0.2, 0.25) is 0 Å². The van der Waals surface area contributed by atoms with Crippen molar-refractivity contribution >= 4 is 54.3 Å². The van der Waals surface area contributed by atoms with E-state index >= 15 is 0 Å². The van der Waals surface area contributed by atoms with Gasteiger partial charge in [0.15, 0.2) is 17.5 Å². The summed E-state index contributed by atoms with van der Waals surface area (Å²) in [7, 11) is 0. The molecular weight excluding hydrogens is 671 g/mol. The number of rotatable bonds is 5. The Kier molecular flexibility index (Phi) is 4.49. The van der Waals surface area contributed by atoms with E-state index in [4.69, 9.17) is 31.7 Å². The Morgan fingerprint density at radius 2 is 0.945 bits per heavy atom. The highest BCUT2D eigenvalue weighted by molar-refractivity contribution is 6.25. The number of aromatic nitrogens is 3. The molecule has 4 nitrogen and oxygen atoms in total. The van der Waals surface area contributed by atoms with Crippen LogP contribution < -0.4 is 0 Å². The van der Waals surface area contributed by atoms with Crippen LogP contribution in [0.2, 0.25) is 0 Å². The minimum atomic E-state index is -0.787. The first kappa shape index (κ1) is 19.6. The summed E-state index contributed by atoms with van der Waals surface area (Å²) in [5, 5.41) is -0.810. The standard InChI is InChI=1S/C51H31N3O/c1-2-13-32(14-3-1)33-15-10-17-36(29-33)49-52-50(54-51(53-49)44-24-12-26-47-48(44)43-23-8-9-25-46(43)55-47)37-18-11-16-34(30-37)35-27-28-42-40-21-5-4-19-38(40)39-20-6-7-22-41(39)45(42)31-35/h1-31H/i4D,5D,6D,7D,11D,16D,18D,19D,20D,21D,22D,27D,28D,30D,31D. The Morgan fingerprint density at radius 3 is 1.75 bits per heavy atom. The van der Waals surface area contributed by atoms with Crippen LogP contribution in [0.15, 0.2) is 192 Å². The third-order valence-corrected chi connectivity index (χ3v) is 9.54. The first-order valence-electron chi connectivity index (χ1n) is 24.8. The molecule has 11 aromatic rings. The number of fused-ring (bicyclic) bond motifs is 9. The zero-order valence-electron chi connectivity index (χ0n) is 43.5. The van der Waals surface area contributed by atoms with Gasteiger partial charge in [0, 0.05) is 27.5 Å². The molecule has 0 bridgehead atoms. The van der Waals surface area contributed by atoms with Crippen LogP contribution in [0, 0.1) is 0 Å². The van der Waals surface area contributed by atoms with E-state index in [0.717, 1.165) is 16.5 Å². The van der Waals surface area contributed by atoms with Crippen molar-refractivity contribution in [3.8, 4) is 56.4 Å². The summed E-state index contributed by atoms with van der Waals surface area (Å²) >= 11 is 0. The summed E-state index contributed by atoms with van der Waals surface area (Å²) in [6.07, 6.45) is 0. The highest BCUT2D eigenvalue weighted by Gasteiger charge is 2.19. The van der Waals surface area contributed by atoms with E-state index in [1.807, 2.05) is 72.8 Å². The van der Waals surface area contributed by atoms with Crippen molar-refractivity contribution in [1.82, 2.24) is 15.0 Å². The average molecular weight is 717 g/mol. The molecule has 11 rings (SSSR count). The van der Waals surface area contributed by atoms with Crippen LogP contribution in [0.4, 0.5) is 0 Å². The van der Waals surface area contributed by atoms with Crippen LogP contribution in [0.3, 0.4) is 0 Å². The Labute approximate surface area is 338 Å². The van der Waals surface area contributed by atoms with E-state index in [1.165, 1.54) is 0 Å². The molecule has 0 N–H and O–H groups in total. The second-order valence-electron chi connectivity index (χ2n) is 12.8. The van der Waals surface area contributed by atoms with Gasteiger partial charge in [-0.15, -0.1) is 0 Å². The van der Waals surface area contributed by atoms with Gasteiger partial charge < -0.3 is 4.42 Å². The molecule has 0 aliphatic carbocycles. The summed E-state index contributed by atoms with van der Waals surface area (Å²) in [6.45, 7) is 0. The summed E-state index contributed by atoms with van der Waals surface area (Å²) < 4.78 is 143. The first-order valence-corrected chi connectivity index (χ1v) is 17.3. The molecule has 2 aromatic heterocycles. The Bertz CT molecular complexity index is 4100. The van der Waals surface area contributed by atoms with E-state index in [-0.39, 0.29) is 50.0 Å². The topological polar surface area (TPSA) is 51.8 Å². The molecule has 0 aliphatic heterocycles. The minimum Gasteiger partial charge on any atom is -0.456 e. The Balaban J connectivity index is 1.25. The Morgan fingerprint density at radius 1 is 0.364 bits per heavy atom. The predicted molar refractivity (Wildman–Crippen MR) is 227 cm³/mol. The summed E-state index contributed by atoms with van der Waals surface area (Å²) in [4.78, 5) is 14.7. The molecule has 0 unspecified atom stereocenters. The smallest absolute Gasteiger partial charge is 0.164 e. The van der Waals surface area contributed by atoms with E-state index in [0.29, 0.717) is 27.7 Å². The van der Waals surface area contributed by atoms with Gasteiger partial charge >= 0.3 is 0 Å². The molecule has 256 valence electrons. The molecule has 0 amide bonds. The van der Waals surface area contributed by atoms with Crippen LogP contribution in [0.1, 0.15) is 20.6 Å². The number of hydrogen-bond acceptors (Lipinski definition) is 4. The molecule has 0 saturated heterocycles. The van der Waals surface area contributed by atoms with Gasteiger partial charge in [0.25, 0.3) is 0 Å². The molecule has 2 heterocycles. The van der Waals surface area contributed by atoms with Crippen molar-refractivity contribution in [1.29, 1.82) is 0 Å². The van der Waals surface area contributed by atoms with E-state index in [2.05, 4.69) is 0 Å². The lowest BCUT2D eigenvalue weighted by molar-refractivity contribution is 0.669. The SMILES string of the molecule is [2H]c1c([2H])c(-c2nc(-c3cccc(-c4ccccc4)c3)nc(-c3cccc4oc5ccccc5c34)n2)c([2H])c(-c2c([2H])c([2H])c3c4c([2H])c([2H])c([2H])c([2H])c4c4c([2H])c([2H])c([2H])c([2H])c4c3c2[2H])c1[2H]. The molecule has 0 radical (unpaired) electrons. The molecule has 0 aliphatic rings. The highest BCUT2D eigenvalue weighted by Crippen LogP contribution is 2.39. The Hall–Kier alpha value is -7.43. The molecule has 4 heteroatoms. The van der Waals surface area contributed by atoms with Crippen molar-refractivity contribution in [3.05, 3.63) is 188 Å². The van der Waals surface area contributed by atoms with Gasteiger partial charge in [-0.2, -0.15) is 0 Å². The fourth-order valence-electron chi connectivity index (χ4n) is 7.03. The lowest BCUT2D eigenvalue weighted by Crippen LogP contribution is -2.00. The predicted octanol–water partition coefficient (Wildman–Crippen LogP) is 13.6. The third-order valence-electron chi connectivity index (χ3n) is 9.54. The molecule has 0 atom stereocenters. The lowest BCUT2D eigenvalue weighted by atomic mass is 9.92. The van der Waals surface area contributed by atoms with E-state index in [9.17, 15) is 8.22 Å². The second kappa shape index (κ2) is 12.6. The van der Waals surface area contributed by atoms with Gasteiger partial charge in [-0.25, -0.2) is 15.0 Å². The maximum atomic E-state index is 9.84. The molecule has 9 aromatic carbocycles. The van der Waals surface area contributed by atoms with Crippen molar-refractivity contribution in [2.45, 2.75) is 0 Å². The highest BCUT2D eigenvalue weighted by atomic mass is 16.3. The maximum Gasteiger partial charge on any atom is 0.164 e. The van der Waals surface area contributed by atoms with Crippen LogP contribution in [-0.2, 0) is 0 Å². The molecule has 55 heavy (non-hydrogen) atoms. The van der Waals surface area contributed by atoms with Gasteiger partial charge in [-0.05, 0) is 84.9 Å². The maximum absolute atomic E-state index is 9.84. The fourth-order valence-corrected chi connectivity index (χ4v) is 7.03. The quantitative estimate of drug-likeness (QED) is 0.166. The monoisotopic (exact) mass is 716 g/mol. The number of hydrogen-bond donors (Lipinski definition) is 0. The summed E-state index contributed by atoms with van der Waals surface area (Å²) in [5.41, 5.74) is 2.38. The fraction of sp³-hybridized carbons (Fsp3) is 0. The molecule has 0 saturated carbocycles. The van der Waals surface area contributed by atoms with Crippen molar-refractivity contribution < 1.29 is 25.0 Å². The zero-order chi connectivity index (χ0) is 49.3. The molecular formula is C51H31N3O. The normalized spacial score (nSPS) is 15.5. The number of furan rings is 1. The van der Waals surface area contributed by atoms with Crippen LogP contribution in [0.25, 0.3) is 111 Å². The summed E-state index contributed by atoms with van der Waals surface area (Å²) in [5.74, 6) is -0.0585. The van der Waals surface area contributed by atoms with Crippen molar-refractivity contribution in [2.24, 2.45) is 0 Å². The van der Waals surface area contributed by atoms with Gasteiger partial charge in [-0.1, -0.05) is 157 Å². The summed E-state index contributed by atoms with van der Waals surface area (Å²) in [6, 6.07) is 19.1. The number of para-hydroxylation sites is 1. The van der Waals surface area contributed by atoms with Crippen LogP contribution in [0.5, 0.6) is 0 Å². The zero-order valence-corrected chi connectivity index (χ0v) is 28.5. The third kappa shape index (κ3) is 5.26. The lowest BCUT2D eigenvalue weighted by Gasteiger charge is -2.13. The largest absolute Gasteiger partial charge is 0.456 e. The second-order valence-corrected chi connectivity index (χ2v) is 12.8. The van der Waals surface area contributed by atoms with E-state index < -0.39 is 107 Å². The van der Waals surface area contributed by atoms with Gasteiger partial charge in [0.05, 0.1) is 20.6 Å². The minimum absolute atomic E-state index is 0.0997.